The minimum Gasteiger partial charge on any atom is -0.271 e. The lowest BCUT2D eigenvalue weighted by Crippen LogP contribution is -2.46. The van der Waals surface area contributed by atoms with E-state index in [9.17, 15) is 0 Å². The second-order valence-electron chi connectivity index (χ2n) is 4.90. The Labute approximate surface area is 107 Å². The Hall–Kier alpha value is -0.380. The summed E-state index contributed by atoms with van der Waals surface area (Å²) in [5, 5.41) is 0. The summed E-state index contributed by atoms with van der Waals surface area (Å²) >= 11 is 3.49. The SMILES string of the molecule is CCC(C)(C)C(Cc1cccc(Br)c1)NN. The van der Waals surface area contributed by atoms with Crippen LogP contribution in [0.4, 0.5) is 0 Å². The Morgan fingerprint density at radius 2 is 2.12 bits per heavy atom. The zero-order valence-corrected chi connectivity index (χ0v) is 11.8. The molecule has 0 amide bonds. The molecule has 1 unspecified atom stereocenters. The summed E-state index contributed by atoms with van der Waals surface area (Å²) in [7, 11) is 0. The fourth-order valence-electron chi connectivity index (χ4n) is 1.71. The highest BCUT2D eigenvalue weighted by Crippen LogP contribution is 2.27. The van der Waals surface area contributed by atoms with Crippen LogP contribution in [0.2, 0.25) is 0 Å². The van der Waals surface area contributed by atoms with E-state index in [-0.39, 0.29) is 5.41 Å². The summed E-state index contributed by atoms with van der Waals surface area (Å²) in [5.41, 5.74) is 4.46. The van der Waals surface area contributed by atoms with Crippen LogP contribution in [0.15, 0.2) is 28.7 Å². The standard InChI is InChI=1S/C13H21BrN2/c1-4-13(2,3)12(16-15)9-10-6-5-7-11(14)8-10/h5-8,12,16H,4,9,15H2,1-3H3. The molecule has 0 bridgehead atoms. The average molecular weight is 285 g/mol. The molecule has 0 saturated heterocycles. The third-order valence-corrected chi connectivity index (χ3v) is 3.88. The van der Waals surface area contributed by atoms with Crippen molar-refractivity contribution >= 4 is 15.9 Å². The van der Waals surface area contributed by atoms with Crippen LogP contribution in [0, 0.1) is 5.41 Å². The molecule has 0 radical (unpaired) electrons. The van der Waals surface area contributed by atoms with Gasteiger partial charge in [0, 0.05) is 10.5 Å². The van der Waals surface area contributed by atoms with Crippen LogP contribution in [-0.4, -0.2) is 6.04 Å². The van der Waals surface area contributed by atoms with Gasteiger partial charge < -0.3 is 0 Å². The van der Waals surface area contributed by atoms with E-state index in [4.69, 9.17) is 5.84 Å². The topological polar surface area (TPSA) is 38.0 Å². The summed E-state index contributed by atoms with van der Waals surface area (Å²) in [6, 6.07) is 8.69. The van der Waals surface area contributed by atoms with Crippen LogP contribution in [0.3, 0.4) is 0 Å². The Morgan fingerprint density at radius 1 is 1.44 bits per heavy atom. The van der Waals surface area contributed by atoms with Crippen molar-refractivity contribution in [1.82, 2.24) is 5.43 Å². The zero-order chi connectivity index (χ0) is 12.2. The van der Waals surface area contributed by atoms with Gasteiger partial charge in [-0.2, -0.15) is 0 Å². The van der Waals surface area contributed by atoms with Crippen molar-refractivity contribution in [2.24, 2.45) is 11.3 Å². The van der Waals surface area contributed by atoms with Gasteiger partial charge in [-0.3, -0.25) is 11.3 Å². The molecule has 1 aromatic rings. The molecule has 1 atom stereocenters. The maximum Gasteiger partial charge on any atom is 0.0301 e. The van der Waals surface area contributed by atoms with Gasteiger partial charge in [0.15, 0.2) is 0 Å². The van der Waals surface area contributed by atoms with Gasteiger partial charge in [0.25, 0.3) is 0 Å². The molecule has 0 aliphatic heterocycles. The van der Waals surface area contributed by atoms with Gasteiger partial charge in [0.2, 0.25) is 0 Å². The average Bonchev–Trinajstić information content (AvgIpc) is 2.25. The molecule has 1 aromatic carbocycles. The fraction of sp³-hybridized carbons (Fsp3) is 0.538. The zero-order valence-electron chi connectivity index (χ0n) is 10.3. The summed E-state index contributed by atoms with van der Waals surface area (Å²) in [6.45, 7) is 6.69. The van der Waals surface area contributed by atoms with Crippen molar-refractivity contribution in [1.29, 1.82) is 0 Å². The van der Waals surface area contributed by atoms with E-state index in [0.29, 0.717) is 6.04 Å². The Kier molecular flexibility index (Phi) is 4.96. The first-order valence-corrected chi connectivity index (χ1v) is 6.49. The second kappa shape index (κ2) is 5.80. The highest BCUT2D eigenvalue weighted by atomic mass is 79.9. The molecule has 0 aliphatic carbocycles. The van der Waals surface area contributed by atoms with Gasteiger partial charge in [-0.15, -0.1) is 0 Å². The normalized spacial score (nSPS) is 13.8. The largest absolute Gasteiger partial charge is 0.271 e. The van der Waals surface area contributed by atoms with Gasteiger partial charge in [-0.05, 0) is 36.0 Å². The van der Waals surface area contributed by atoms with E-state index in [0.717, 1.165) is 17.3 Å². The first-order chi connectivity index (χ1) is 7.49. The summed E-state index contributed by atoms with van der Waals surface area (Å²) < 4.78 is 1.12. The van der Waals surface area contributed by atoms with Crippen molar-refractivity contribution in [3.8, 4) is 0 Å². The van der Waals surface area contributed by atoms with E-state index in [1.165, 1.54) is 5.56 Å². The first kappa shape index (κ1) is 13.7. The van der Waals surface area contributed by atoms with Crippen molar-refractivity contribution in [2.45, 2.75) is 39.7 Å². The van der Waals surface area contributed by atoms with Gasteiger partial charge in [0.1, 0.15) is 0 Å². The molecule has 0 heterocycles. The molecule has 0 aromatic heterocycles. The van der Waals surface area contributed by atoms with Crippen LogP contribution < -0.4 is 11.3 Å². The molecular formula is C13H21BrN2. The van der Waals surface area contributed by atoms with Gasteiger partial charge in [-0.1, -0.05) is 48.8 Å². The molecular weight excluding hydrogens is 264 g/mol. The smallest absolute Gasteiger partial charge is 0.0301 e. The molecule has 0 spiro atoms. The summed E-state index contributed by atoms with van der Waals surface area (Å²) in [6.07, 6.45) is 2.06. The molecule has 3 N–H and O–H groups in total. The number of nitrogens with one attached hydrogen (secondary N) is 1. The summed E-state index contributed by atoms with van der Waals surface area (Å²) in [5.74, 6) is 5.66. The number of rotatable bonds is 5. The molecule has 90 valence electrons. The Balaban J connectivity index is 2.78. The lowest BCUT2D eigenvalue weighted by molar-refractivity contribution is 0.231. The lowest BCUT2D eigenvalue weighted by Gasteiger charge is -2.33. The number of hydrogen-bond acceptors (Lipinski definition) is 2. The van der Waals surface area contributed by atoms with Crippen LogP contribution in [0.1, 0.15) is 32.8 Å². The number of nitrogens with two attached hydrogens (primary N) is 1. The molecule has 0 aliphatic rings. The van der Waals surface area contributed by atoms with Gasteiger partial charge >= 0.3 is 0 Å². The predicted octanol–water partition coefficient (Wildman–Crippen LogP) is 3.26. The molecule has 16 heavy (non-hydrogen) atoms. The van der Waals surface area contributed by atoms with Crippen molar-refractivity contribution in [2.75, 3.05) is 0 Å². The van der Waals surface area contributed by atoms with Crippen molar-refractivity contribution < 1.29 is 0 Å². The Bertz CT molecular complexity index is 336. The van der Waals surface area contributed by atoms with Crippen molar-refractivity contribution in [3.63, 3.8) is 0 Å². The van der Waals surface area contributed by atoms with Crippen LogP contribution in [0.25, 0.3) is 0 Å². The predicted molar refractivity (Wildman–Crippen MR) is 73.0 cm³/mol. The van der Waals surface area contributed by atoms with E-state index in [1.807, 2.05) is 6.07 Å². The number of benzene rings is 1. The second-order valence-corrected chi connectivity index (χ2v) is 5.81. The third kappa shape index (κ3) is 3.58. The first-order valence-electron chi connectivity index (χ1n) is 5.70. The van der Waals surface area contributed by atoms with E-state index >= 15 is 0 Å². The molecule has 0 saturated carbocycles. The van der Waals surface area contributed by atoms with Crippen LogP contribution in [0.5, 0.6) is 0 Å². The maximum absolute atomic E-state index is 5.66. The quantitative estimate of drug-likeness (QED) is 0.643. The minimum atomic E-state index is 0.205. The highest BCUT2D eigenvalue weighted by molar-refractivity contribution is 9.10. The molecule has 2 nitrogen and oxygen atoms in total. The van der Waals surface area contributed by atoms with Crippen LogP contribution >= 0.6 is 15.9 Å². The van der Waals surface area contributed by atoms with E-state index < -0.39 is 0 Å². The number of hydrazine groups is 1. The Morgan fingerprint density at radius 3 is 2.62 bits per heavy atom. The van der Waals surface area contributed by atoms with E-state index in [1.54, 1.807) is 0 Å². The van der Waals surface area contributed by atoms with E-state index in [2.05, 4.69) is 60.3 Å². The molecule has 3 heteroatoms. The molecule has 1 rings (SSSR count). The fourth-order valence-corrected chi connectivity index (χ4v) is 2.15. The monoisotopic (exact) mass is 284 g/mol. The highest BCUT2D eigenvalue weighted by Gasteiger charge is 2.26. The van der Waals surface area contributed by atoms with Gasteiger partial charge in [0.05, 0.1) is 0 Å². The summed E-state index contributed by atoms with van der Waals surface area (Å²) in [4.78, 5) is 0. The minimum absolute atomic E-state index is 0.205. The van der Waals surface area contributed by atoms with Crippen molar-refractivity contribution in [3.05, 3.63) is 34.3 Å². The lowest BCUT2D eigenvalue weighted by atomic mass is 9.79. The number of hydrogen-bond donors (Lipinski definition) is 2. The molecule has 0 fully saturated rings. The van der Waals surface area contributed by atoms with Crippen LogP contribution in [-0.2, 0) is 6.42 Å². The third-order valence-electron chi connectivity index (χ3n) is 3.38. The maximum atomic E-state index is 5.66. The number of halogens is 1. The van der Waals surface area contributed by atoms with Gasteiger partial charge in [-0.25, -0.2) is 0 Å².